The molecule has 0 saturated heterocycles. The molecule has 0 fully saturated rings. The number of carbonyl (C=O) groups excluding carboxylic acids is 1. The van der Waals surface area contributed by atoms with E-state index in [1.807, 2.05) is 14.1 Å². The quantitative estimate of drug-likeness (QED) is 0.889. The molecule has 0 bridgehead atoms. The van der Waals surface area contributed by atoms with Crippen LogP contribution in [0.4, 0.5) is 0 Å². The van der Waals surface area contributed by atoms with Crippen LogP contribution >= 0.6 is 0 Å². The number of rotatable bonds is 6. The molecular formula is C20H23N3O. The second-order valence-corrected chi connectivity index (χ2v) is 5.97. The smallest absolute Gasteiger partial charge is 0.251 e. The number of nitrogens with zero attached hydrogens (tertiary/aromatic N) is 2. The summed E-state index contributed by atoms with van der Waals surface area (Å²) in [5.74, 6) is -0.128. The Morgan fingerprint density at radius 1 is 1.12 bits per heavy atom. The minimum absolute atomic E-state index is 0.109. The van der Waals surface area contributed by atoms with Crippen molar-refractivity contribution in [2.75, 3.05) is 20.6 Å². The van der Waals surface area contributed by atoms with Crippen LogP contribution in [0.25, 0.3) is 0 Å². The monoisotopic (exact) mass is 321 g/mol. The number of benzene rings is 2. The molecule has 0 aliphatic rings. The van der Waals surface area contributed by atoms with Crippen LogP contribution in [0, 0.1) is 11.3 Å². The van der Waals surface area contributed by atoms with Crippen molar-refractivity contribution in [2.24, 2.45) is 0 Å². The van der Waals surface area contributed by atoms with Crippen molar-refractivity contribution in [2.45, 2.75) is 19.4 Å². The number of likely N-dealkylation sites (N-methyl/N-ethyl adjacent to an activating group) is 1. The van der Waals surface area contributed by atoms with E-state index >= 15 is 0 Å². The maximum absolute atomic E-state index is 12.3. The molecule has 1 atom stereocenters. The molecular weight excluding hydrogens is 298 g/mol. The van der Waals surface area contributed by atoms with Gasteiger partial charge in [0.05, 0.1) is 17.7 Å². The van der Waals surface area contributed by atoms with Crippen LogP contribution < -0.4 is 5.32 Å². The van der Waals surface area contributed by atoms with Gasteiger partial charge in [-0.25, -0.2) is 0 Å². The molecule has 4 heteroatoms. The fraction of sp³-hybridized carbons (Fsp3) is 0.300. The third kappa shape index (κ3) is 4.43. The minimum atomic E-state index is -0.128. The summed E-state index contributed by atoms with van der Waals surface area (Å²) in [6.45, 7) is 2.66. The molecule has 1 N–H and O–H groups in total. The Labute approximate surface area is 143 Å². The van der Waals surface area contributed by atoms with E-state index in [1.54, 1.807) is 24.3 Å². The molecule has 0 radical (unpaired) electrons. The van der Waals surface area contributed by atoms with Crippen molar-refractivity contribution < 1.29 is 4.79 Å². The van der Waals surface area contributed by atoms with E-state index in [2.05, 4.69) is 47.5 Å². The summed E-state index contributed by atoms with van der Waals surface area (Å²) in [7, 11) is 4.01. The lowest BCUT2D eigenvalue weighted by molar-refractivity contribution is 0.0942. The van der Waals surface area contributed by atoms with Gasteiger partial charge in [-0.3, -0.25) is 4.79 Å². The van der Waals surface area contributed by atoms with E-state index in [4.69, 9.17) is 5.26 Å². The van der Waals surface area contributed by atoms with Gasteiger partial charge in [0, 0.05) is 12.1 Å². The third-order valence-electron chi connectivity index (χ3n) is 4.13. The molecule has 2 aromatic carbocycles. The highest BCUT2D eigenvalue weighted by atomic mass is 16.1. The molecule has 1 amide bonds. The normalized spacial score (nSPS) is 11.8. The lowest BCUT2D eigenvalue weighted by Gasteiger charge is -2.25. The summed E-state index contributed by atoms with van der Waals surface area (Å²) in [6.07, 6.45) is 1.02. The number of hydrogen-bond acceptors (Lipinski definition) is 3. The molecule has 1 unspecified atom stereocenters. The van der Waals surface area contributed by atoms with Gasteiger partial charge in [0.25, 0.3) is 5.91 Å². The van der Waals surface area contributed by atoms with Crippen LogP contribution in [0.2, 0.25) is 0 Å². The van der Waals surface area contributed by atoms with Crippen molar-refractivity contribution >= 4 is 5.91 Å². The van der Waals surface area contributed by atoms with Gasteiger partial charge in [-0.15, -0.1) is 0 Å². The fourth-order valence-corrected chi connectivity index (χ4v) is 2.56. The summed E-state index contributed by atoms with van der Waals surface area (Å²) >= 11 is 0. The topological polar surface area (TPSA) is 56.1 Å². The Kier molecular flexibility index (Phi) is 6.11. The highest BCUT2D eigenvalue weighted by molar-refractivity contribution is 5.94. The number of carbonyl (C=O) groups is 1. The van der Waals surface area contributed by atoms with E-state index in [0.717, 1.165) is 6.42 Å². The Morgan fingerprint density at radius 3 is 2.25 bits per heavy atom. The van der Waals surface area contributed by atoms with E-state index in [1.165, 1.54) is 11.1 Å². The first-order chi connectivity index (χ1) is 11.5. The van der Waals surface area contributed by atoms with Crippen LogP contribution in [0.3, 0.4) is 0 Å². The number of amides is 1. The molecule has 0 saturated carbocycles. The van der Waals surface area contributed by atoms with Gasteiger partial charge in [0.1, 0.15) is 0 Å². The van der Waals surface area contributed by atoms with Crippen LogP contribution in [0.15, 0.2) is 48.5 Å². The van der Waals surface area contributed by atoms with Gasteiger partial charge in [-0.2, -0.15) is 5.26 Å². The Hall–Kier alpha value is -2.64. The van der Waals surface area contributed by atoms with Crippen molar-refractivity contribution in [3.63, 3.8) is 0 Å². The second-order valence-electron chi connectivity index (χ2n) is 5.97. The predicted octanol–water partition coefficient (Wildman–Crippen LogP) is 3.15. The van der Waals surface area contributed by atoms with Crippen molar-refractivity contribution in [1.29, 1.82) is 5.26 Å². The first-order valence-electron chi connectivity index (χ1n) is 8.08. The van der Waals surface area contributed by atoms with Crippen LogP contribution in [0.5, 0.6) is 0 Å². The fourth-order valence-electron chi connectivity index (χ4n) is 2.56. The van der Waals surface area contributed by atoms with Gasteiger partial charge >= 0.3 is 0 Å². The van der Waals surface area contributed by atoms with Crippen LogP contribution in [-0.2, 0) is 6.42 Å². The SMILES string of the molecule is CCc1ccc(C(CNC(=O)c2ccc(C#N)cc2)N(C)C)cc1. The minimum Gasteiger partial charge on any atom is -0.350 e. The zero-order valence-electron chi connectivity index (χ0n) is 14.4. The summed E-state index contributed by atoms with van der Waals surface area (Å²) in [4.78, 5) is 14.4. The van der Waals surface area contributed by atoms with Crippen molar-refractivity contribution in [3.8, 4) is 6.07 Å². The molecule has 0 aliphatic heterocycles. The number of nitriles is 1. The zero-order valence-corrected chi connectivity index (χ0v) is 14.4. The molecule has 0 heterocycles. The zero-order chi connectivity index (χ0) is 17.5. The van der Waals surface area contributed by atoms with Gasteiger partial charge < -0.3 is 10.2 Å². The van der Waals surface area contributed by atoms with Crippen molar-refractivity contribution in [1.82, 2.24) is 10.2 Å². The first-order valence-corrected chi connectivity index (χ1v) is 8.08. The predicted molar refractivity (Wildman–Crippen MR) is 95.7 cm³/mol. The van der Waals surface area contributed by atoms with Crippen molar-refractivity contribution in [3.05, 3.63) is 70.8 Å². The molecule has 0 aromatic heterocycles. The highest BCUT2D eigenvalue weighted by Gasteiger charge is 2.16. The number of hydrogen-bond donors (Lipinski definition) is 1. The van der Waals surface area contributed by atoms with Crippen LogP contribution in [-0.4, -0.2) is 31.4 Å². The maximum atomic E-state index is 12.3. The summed E-state index contributed by atoms with van der Waals surface area (Å²) < 4.78 is 0. The van der Waals surface area contributed by atoms with Gasteiger partial charge in [0.15, 0.2) is 0 Å². The van der Waals surface area contributed by atoms with E-state index in [-0.39, 0.29) is 11.9 Å². The highest BCUT2D eigenvalue weighted by Crippen LogP contribution is 2.18. The molecule has 0 spiro atoms. The maximum Gasteiger partial charge on any atom is 0.251 e. The van der Waals surface area contributed by atoms with E-state index in [9.17, 15) is 4.79 Å². The molecule has 0 aliphatic carbocycles. The third-order valence-corrected chi connectivity index (χ3v) is 4.13. The Morgan fingerprint density at radius 2 is 1.75 bits per heavy atom. The average Bonchev–Trinajstić information content (AvgIpc) is 2.62. The first kappa shape index (κ1) is 17.7. The average molecular weight is 321 g/mol. The van der Waals surface area contributed by atoms with Crippen LogP contribution in [0.1, 0.15) is 40.0 Å². The van der Waals surface area contributed by atoms with E-state index in [0.29, 0.717) is 17.7 Å². The second kappa shape index (κ2) is 8.28. The van der Waals surface area contributed by atoms with Gasteiger partial charge in [-0.05, 0) is 55.9 Å². The molecule has 4 nitrogen and oxygen atoms in total. The summed E-state index contributed by atoms with van der Waals surface area (Å²) in [5.41, 5.74) is 3.59. The molecule has 124 valence electrons. The largest absolute Gasteiger partial charge is 0.350 e. The Balaban J connectivity index is 2.04. The lowest BCUT2D eigenvalue weighted by atomic mass is 10.0. The summed E-state index contributed by atoms with van der Waals surface area (Å²) in [6, 6.07) is 17.3. The number of aryl methyl sites for hydroxylation is 1. The lowest BCUT2D eigenvalue weighted by Crippen LogP contribution is -2.34. The molecule has 2 rings (SSSR count). The van der Waals surface area contributed by atoms with E-state index < -0.39 is 0 Å². The molecule has 2 aromatic rings. The Bertz CT molecular complexity index is 712. The molecule has 24 heavy (non-hydrogen) atoms. The number of nitrogens with one attached hydrogen (secondary N) is 1. The standard InChI is InChI=1S/C20H23N3O/c1-4-15-5-9-17(10-6-15)19(23(2)3)14-22-20(24)18-11-7-16(13-21)8-12-18/h5-12,19H,4,14H2,1-3H3,(H,22,24). The van der Waals surface area contributed by atoms with Gasteiger partial charge in [-0.1, -0.05) is 31.2 Å². The van der Waals surface area contributed by atoms with Gasteiger partial charge in [0.2, 0.25) is 0 Å². The summed E-state index contributed by atoms with van der Waals surface area (Å²) in [5, 5.41) is 11.8.